The van der Waals surface area contributed by atoms with Crippen LogP contribution >= 0.6 is 11.6 Å². The van der Waals surface area contributed by atoms with Crippen LogP contribution in [0.2, 0.25) is 5.02 Å². The summed E-state index contributed by atoms with van der Waals surface area (Å²) in [6.07, 6.45) is 0. The Balaban J connectivity index is 1.60. The van der Waals surface area contributed by atoms with E-state index in [1.165, 1.54) is 0 Å². The molecule has 4 rings (SSSR count). The standard InChI is InChI=1S/C18H15ClN4O/c1-11-10-20-16(21-11)12-6-8-13(9-7-12)17-22-18(24-23-17)14-4-2-3-5-15(14)19/h2-9,11H,10H2,1H3,(H,20,21). The Labute approximate surface area is 144 Å². The van der Waals surface area contributed by atoms with Crippen molar-refractivity contribution in [3.63, 3.8) is 0 Å². The number of nitrogens with one attached hydrogen (secondary N) is 1. The SMILES string of the molecule is CC1CN=C(c2ccc(-c3noc(-c4ccccc4Cl)n3)cc2)N1. The summed E-state index contributed by atoms with van der Waals surface area (Å²) in [6, 6.07) is 15.7. The van der Waals surface area contributed by atoms with Crippen molar-refractivity contribution in [2.75, 3.05) is 6.54 Å². The molecule has 1 aliphatic heterocycles. The smallest absolute Gasteiger partial charge is 0.259 e. The average Bonchev–Trinajstić information content (AvgIpc) is 3.25. The summed E-state index contributed by atoms with van der Waals surface area (Å²) >= 11 is 6.17. The van der Waals surface area contributed by atoms with Gasteiger partial charge in [-0.1, -0.05) is 53.2 Å². The Hall–Kier alpha value is -2.66. The van der Waals surface area contributed by atoms with Gasteiger partial charge in [-0.2, -0.15) is 4.98 Å². The predicted octanol–water partition coefficient (Wildman–Crippen LogP) is 3.80. The maximum Gasteiger partial charge on any atom is 0.259 e. The predicted molar refractivity (Wildman–Crippen MR) is 94.2 cm³/mol. The molecule has 1 unspecified atom stereocenters. The normalized spacial score (nSPS) is 16.8. The first kappa shape index (κ1) is 14.9. The van der Waals surface area contributed by atoms with Crippen molar-refractivity contribution in [2.45, 2.75) is 13.0 Å². The monoisotopic (exact) mass is 338 g/mol. The molecule has 5 nitrogen and oxygen atoms in total. The summed E-state index contributed by atoms with van der Waals surface area (Å²) in [5.74, 6) is 1.88. The molecule has 120 valence electrons. The number of aromatic nitrogens is 2. The number of hydrogen-bond acceptors (Lipinski definition) is 5. The highest BCUT2D eigenvalue weighted by molar-refractivity contribution is 6.33. The third-order valence-corrected chi connectivity index (χ3v) is 4.18. The van der Waals surface area contributed by atoms with Gasteiger partial charge in [-0.3, -0.25) is 4.99 Å². The van der Waals surface area contributed by atoms with Crippen LogP contribution in [0, 0.1) is 0 Å². The Morgan fingerprint density at radius 3 is 2.54 bits per heavy atom. The summed E-state index contributed by atoms with van der Waals surface area (Å²) in [4.78, 5) is 8.93. The number of nitrogens with zero attached hydrogens (tertiary/aromatic N) is 3. The molecule has 2 heterocycles. The molecular formula is C18H15ClN4O. The number of hydrogen-bond donors (Lipinski definition) is 1. The van der Waals surface area contributed by atoms with Gasteiger partial charge < -0.3 is 9.84 Å². The minimum atomic E-state index is 0.384. The number of rotatable bonds is 3. The lowest BCUT2D eigenvalue weighted by molar-refractivity contribution is 0.432. The molecule has 3 aromatic rings. The Kier molecular flexibility index (Phi) is 3.78. The molecule has 1 N–H and O–H groups in total. The van der Waals surface area contributed by atoms with Crippen LogP contribution in [0.15, 0.2) is 58.0 Å². The van der Waals surface area contributed by atoms with Gasteiger partial charge in [0.1, 0.15) is 5.84 Å². The van der Waals surface area contributed by atoms with Crippen molar-refractivity contribution >= 4 is 17.4 Å². The second-order valence-corrected chi connectivity index (χ2v) is 6.12. The van der Waals surface area contributed by atoms with Crippen LogP contribution in [0.5, 0.6) is 0 Å². The molecule has 6 heteroatoms. The third kappa shape index (κ3) is 2.78. The van der Waals surface area contributed by atoms with Crippen LogP contribution in [0.4, 0.5) is 0 Å². The Bertz CT molecular complexity index is 901. The van der Waals surface area contributed by atoms with E-state index in [0.717, 1.165) is 29.1 Å². The summed E-state index contributed by atoms with van der Waals surface area (Å²) in [7, 11) is 0. The van der Waals surface area contributed by atoms with E-state index in [1.807, 2.05) is 42.5 Å². The lowest BCUT2D eigenvalue weighted by Crippen LogP contribution is -2.27. The highest BCUT2D eigenvalue weighted by Gasteiger charge is 2.16. The van der Waals surface area contributed by atoms with E-state index in [2.05, 4.69) is 27.4 Å². The van der Waals surface area contributed by atoms with Crippen molar-refractivity contribution in [1.29, 1.82) is 0 Å². The van der Waals surface area contributed by atoms with E-state index in [4.69, 9.17) is 16.1 Å². The van der Waals surface area contributed by atoms with E-state index in [1.54, 1.807) is 6.07 Å². The van der Waals surface area contributed by atoms with E-state index in [0.29, 0.717) is 22.8 Å². The molecule has 0 bridgehead atoms. The number of aliphatic imine (C=N–C) groups is 1. The summed E-state index contributed by atoms with van der Waals surface area (Å²) in [5.41, 5.74) is 2.67. The molecule has 1 aliphatic rings. The summed E-state index contributed by atoms with van der Waals surface area (Å²) < 4.78 is 5.35. The van der Waals surface area contributed by atoms with Gasteiger partial charge in [-0.25, -0.2) is 0 Å². The molecule has 1 atom stereocenters. The van der Waals surface area contributed by atoms with E-state index in [-0.39, 0.29) is 0 Å². The maximum absolute atomic E-state index is 6.17. The molecule has 0 aliphatic carbocycles. The largest absolute Gasteiger partial charge is 0.366 e. The zero-order valence-electron chi connectivity index (χ0n) is 13.0. The zero-order valence-corrected chi connectivity index (χ0v) is 13.8. The van der Waals surface area contributed by atoms with Gasteiger partial charge in [-0.05, 0) is 19.1 Å². The Morgan fingerprint density at radius 1 is 1.08 bits per heavy atom. The van der Waals surface area contributed by atoms with Crippen LogP contribution in [0.25, 0.3) is 22.8 Å². The molecule has 0 amide bonds. The minimum absolute atomic E-state index is 0.384. The molecule has 0 saturated carbocycles. The second-order valence-electron chi connectivity index (χ2n) is 5.72. The average molecular weight is 339 g/mol. The van der Waals surface area contributed by atoms with Gasteiger partial charge in [0.25, 0.3) is 5.89 Å². The first-order valence-corrected chi connectivity index (χ1v) is 8.09. The van der Waals surface area contributed by atoms with Crippen molar-refractivity contribution in [2.24, 2.45) is 4.99 Å². The van der Waals surface area contributed by atoms with E-state index < -0.39 is 0 Å². The number of benzene rings is 2. The van der Waals surface area contributed by atoms with Crippen LogP contribution in [-0.2, 0) is 0 Å². The van der Waals surface area contributed by atoms with Crippen LogP contribution in [-0.4, -0.2) is 28.6 Å². The summed E-state index contributed by atoms with van der Waals surface area (Å²) in [5, 5.41) is 7.98. The molecule has 0 fully saturated rings. The fourth-order valence-electron chi connectivity index (χ4n) is 2.59. The van der Waals surface area contributed by atoms with Crippen molar-refractivity contribution in [1.82, 2.24) is 15.5 Å². The molecule has 24 heavy (non-hydrogen) atoms. The van der Waals surface area contributed by atoms with Gasteiger partial charge in [0.15, 0.2) is 0 Å². The van der Waals surface area contributed by atoms with Crippen LogP contribution in [0.1, 0.15) is 12.5 Å². The van der Waals surface area contributed by atoms with Gasteiger partial charge in [0.2, 0.25) is 5.82 Å². The highest BCUT2D eigenvalue weighted by atomic mass is 35.5. The minimum Gasteiger partial charge on any atom is -0.366 e. The lowest BCUT2D eigenvalue weighted by atomic mass is 10.1. The van der Waals surface area contributed by atoms with E-state index in [9.17, 15) is 0 Å². The van der Waals surface area contributed by atoms with Gasteiger partial charge in [-0.15, -0.1) is 0 Å². The van der Waals surface area contributed by atoms with Gasteiger partial charge in [0, 0.05) is 17.2 Å². The molecular weight excluding hydrogens is 324 g/mol. The molecule has 0 radical (unpaired) electrons. The number of halogens is 1. The zero-order chi connectivity index (χ0) is 16.5. The molecule has 0 spiro atoms. The second kappa shape index (κ2) is 6.09. The van der Waals surface area contributed by atoms with Crippen molar-refractivity contribution < 1.29 is 4.52 Å². The quantitative estimate of drug-likeness (QED) is 0.789. The topological polar surface area (TPSA) is 63.3 Å². The first-order valence-electron chi connectivity index (χ1n) is 7.71. The number of amidine groups is 1. The fourth-order valence-corrected chi connectivity index (χ4v) is 2.81. The maximum atomic E-state index is 6.17. The summed E-state index contributed by atoms with van der Waals surface area (Å²) in [6.45, 7) is 2.92. The molecule has 0 saturated heterocycles. The van der Waals surface area contributed by atoms with E-state index >= 15 is 0 Å². The van der Waals surface area contributed by atoms with Crippen molar-refractivity contribution in [3.8, 4) is 22.8 Å². The molecule has 1 aromatic heterocycles. The highest BCUT2D eigenvalue weighted by Crippen LogP contribution is 2.28. The lowest BCUT2D eigenvalue weighted by Gasteiger charge is -2.06. The van der Waals surface area contributed by atoms with Gasteiger partial charge in [0.05, 0.1) is 17.1 Å². The van der Waals surface area contributed by atoms with Crippen molar-refractivity contribution in [3.05, 3.63) is 59.1 Å². The van der Waals surface area contributed by atoms with Crippen LogP contribution in [0.3, 0.4) is 0 Å². The third-order valence-electron chi connectivity index (χ3n) is 3.85. The molecule has 2 aromatic carbocycles. The van der Waals surface area contributed by atoms with Crippen LogP contribution < -0.4 is 5.32 Å². The Morgan fingerprint density at radius 2 is 1.83 bits per heavy atom. The first-order chi connectivity index (χ1) is 11.7. The van der Waals surface area contributed by atoms with Gasteiger partial charge >= 0.3 is 0 Å². The fraction of sp³-hybridized carbons (Fsp3) is 0.167.